The summed E-state index contributed by atoms with van der Waals surface area (Å²) in [4.78, 5) is 20.2. The number of hydrogen-bond acceptors (Lipinski definition) is 5. The molecule has 6 nitrogen and oxygen atoms in total. The number of aliphatic hydroxyl groups is 1. The first-order chi connectivity index (χ1) is 9.14. The summed E-state index contributed by atoms with van der Waals surface area (Å²) >= 11 is 0. The summed E-state index contributed by atoms with van der Waals surface area (Å²) in [6, 6.07) is 0. The lowest BCUT2D eigenvalue weighted by molar-refractivity contribution is 0.0561. The molecule has 0 aliphatic carbocycles. The third-order valence-electron chi connectivity index (χ3n) is 3.33. The van der Waals surface area contributed by atoms with Crippen LogP contribution in [0.3, 0.4) is 0 Å². The Balaban J connectivity index is 1.99. The first-order valence-electron chi connectivity index (χ1n) is 6.65. The predicted octanol–water partition coefficient (Wildman–Crippen LogP) is -0.117. The Morgan fingerprint density at radius 1 is 1.63 bits per heavy atom. The number of carbonyl (C=O) groups excluding carboxylic acids is 1. The van der Waals surface area contributed by atoms with Crippen LogP contribution < -0.4 is 10.6 Å². The summed E-state index contributed by atoms with van der Waals surface area (Å²) in [5.74, 6) is -0.218. The molecule has 1 amide bonds. The van der Waals surface area contributed by atoms with E-state index in [0.29, 0.717) is 18.5 Å². The molecule has 1 unspecified atom stereocenters. The van der Waals surface area contributed by atoms with Crippen LogP contribution in [0, 0.1) is 0 Å². The van der Waals surface area contributed by atoms with Crippen molar-refractivity contribution in [3.63, 3.8) is 0 Å². The van der Waals surface area contributed by atoms with Gasteiger partial charge in [-0.15, -0.1) is 0 Å². The van der Waals surface area contributed by atoms with Crippen LogP contribution in [0.15, 0.2) is 12.5 Å². The summed E-state index contributed by atoms with van der Waals surface area (Å²) in [7, 11) is 0. The number of β-amino-alcohol motifs (C(OH)–C–C–N with tert-alkyl or cyclic N) is 1. The van der Waals surface area contributed by atoms with E-state index < -0.39 is 5.60 Å². The van der Waals surface area contributed by atoms with Gasteiger partial charge in [0.05, 0.1) is 16.9 Å². The molecule has 1 aliphatic rings. The number of hydrogen-bond donors (Lipinski definition) is 3. The van der Waals surface area contributed by atoms with Crippen LogP contribution in [0.2, 0.25) is 0 Å². The molecule has 2 rings (SSSR count). The van der Waals surface area contributed by atoms with Crippen molar-refractivity contribution in [3.8, 4) is 0 Å². The van der Waals surface area contributed by atoms with E-state index in [4.69, 9.17) is 0 Å². The second-order valence-electron chi connectivity index (χ2n) is 4.97. The zero-order valence-corrected chi connectivity index (χ0v) is 11.1. The average molecular weight is 264 g/mol. The van der Waals surface area contributed by atoms with Gasteiger partial charge in [-0.3, -0.25) is 4.79 Å². The molecule has 0 radical (unpaired) electrons. The van der Waals surface area contributed by atoms with Crippen LogP contribution in [0.5, 0.6) is 0 Å². The van der Waals surface area contributed by atoms with E-state index in [2.05, 4.69) is 20.6 Å². The van der Waals surface area contributed by atoms with Crippen LogP contribution >= 0.6 is 0 Å². The van der Waals surface area contributed by atoms with Crippen LogP contribution in [-0.4, -0.2) is 46.2 Å². The highest BCUT2D eigenvalue weighted by atomic mass is 16.3. The predicted molar refractivity (Wildman–Crippen MR) is 70.8 cm³/mol. The summed E-state index contributed by atoms with van der Waals surface area (Å²) in [5.41, 5.74) is 0.418. The van der Waals surface area contributed by atoms with Crippen molar-refractivity contribution < 1.29 is 9.90 Å². The smallest absolute Gasteiger partial charge is 0.254 e. The molecule has 3 N–H and O–H groups in total. The second kappa shape index (κ2) is 6.08. The number of rotatable bonds is 5. The minimum absolute atomic E-state index is 0.218. The number of aryl methyl sites for hydroxylation is 1. The average Bonchev–Trinajstić information content (AvgIpc) is 2.85. The summed E-state index contributed by atoms with van der Waals surface area (Å²) in [6.07, 6.45) is 5.31. The van der Waals surface area contributed by atoms with Gasteiger partial charge in [0.15, 0.2) is 0 Å². The normalized spacial score (nSPS) is 22.4. The Labute approximate surface area is 112 Å². The monoisotopic (exact) mass is 264 g/mol. The second-order valence-corrected chi connectivity index (χ2v) is 4.97. The van der Waals surface area contributed by atoms with Crippen molar-refractivity contribution in [2.24, 2.45) is 0 Å². The van der Waals surface area contributed by atoms with E-state index in [1.165, 1.54) is 12.5 Å². The van der Waals surface area contributed by atoms with Crippen molar-refractivity contribution in [1.29, 1.82) is 0 Å². The molecule has 0 bridgehead atoms. The maximum atomic E-state index is 12.1. The third kappa shape index (κ3) is 3.48. The molecule has 1 atom stereocenters. The molecular weight excluding hydrogens is 244 g/mol. The Kier molecular flexibility index (Phi) is 4.44. The van der Waals surface area contributed by atoms with Crippen molar-refractivity contribution in [1.82, 2.24) is 20.6 Å². The molecule has 0 aromatic carbocycles. The highest BCUT2D eigenvalue weighted by molar-refractivity contribution is 5.94. The lowest BCUT2D eigenvalue weighted by atomic mass is 10.0. The van der Waals surface area contributed by atoms with Gasteiger partial charge in [-0.2, -0.15) is 0 Å². The number of carbonyl (C=O) groups is 1. The van der Waals surface area contributed by atoms with E-state index >= 15 is 0 Å². The maximum absolute atomic E-state index is 12.1. The first kappa shape index (κ1) is 13.9. The molecule has 0 saturated carbocycles. The maximum Gasteiger partial charge on any atom is 0.254 e. The van der Waals surface area contributed by atoms with Gasteiger partial charge in [0, 0.05) is 19.3 Å². The first-order valence-corrected chi connectivity index (χ1v) is 6.65. The molecule has 1 aromatic rings. The van der Waals surface area contributed by atoms with Crippen LogP contribution in [-0.2, 0) is 6.42 Å². The minimum atomic E-state index is -0.837. The van der Waals surface area contributed by atoms with Crippen LogP contribution in [0.4, 0.5) is 0 Å². The molecule has 19 heavy (non-hydrogen) atoms. The van der Waals surface area contributed by atoms with E-state index in [0.717, 1.165) is 25.1 Å². The fourth-order valence-electron chi connectivity index (χ4n) is 2.20. The van der Waals surface area contributed by atoms with Gasteiger partial charge in [0.2, 0.25) is 0 Å². The van der Waals surface area contributed by atoms with Crippen molar-refractivity contribution >= 4 is 5.91 Å². The van der Waals surface area contributed by atoms with Gasteiger partial charge in [-0.25, -0.2) is 9.97 Å². The van der Waals surface area contributed by atoms with Crippen molar-refractivity contribution in [2.75, 3.05) is 19.6 Å². The highest BCUT2D eigenvalue weighted by Crippen LogP contribution is 2.13. The number of nitrogens with zero attached hydrogens (tertiary/aromatic N) is 2. The van der Waals surface area contributed by atoms with Crippen molar-refractivity contribution in [2.45, 2.75) is 31.8 Å². The number of amides is 1. The summed E-state index contributed by atoms with van der Waals surface area (Å²) in [5, 5.41) is 16.0. The van der Waals surface area contributed by atoms with E-state index in [9.17, 15) is 9.90 Å². The fourth-order valence-corrected chi connectivity index (χ4v) is 2.20. The quantitative estimate of drug-likeness (QED) is 0.690. The number of nitrogens with one attached hydrogen (secondary N) is 2. The lowest BCUT2D eigenvalue weighted by Crippen LogP contribution is -2.44. The van der Waals surface area contributed by atoms with Gasteiger partial charge >= 0.3 is 0 Å². The Hall–Kier alpha value is -1.53. The zero-order valence-electron chi connectivity index (χ0n) is 11.1. The van der Waals surface area contributed by atoms with Gasteiger partial charge in [-0.1, -0.05) is 13.3 Å². The van der Waals surface area contributed by atoms with Crippen molar-refractivity contribution in [3.05, 3.63) is 23.8 Å². The summed E-state index contributed by atoms with van der Waals surface area (Å²) in [6.45, 7) is 3.58. The van der Waals surface area contributed by atoms with Crippen LogP contribution in [0.1, 0.15) is 35.8 Å². The van der Waals surface area contributed by atoms with Gasteiger partial charge in [0.25, 0.3) is 5.91 Å². The topological polar surface area (TPSA) is 87.1 Å². The lowest BCUT2D eigenvalue weighted by Gasteiger charge is -2.21. The number of aromatic nitrogens is 2. The SMILES string of the molecule is CCCc1ncncc1C(=O)NCC1(O)CCNC1. The van der Waals surface area contributed by atoms with E-state index in [-0.39, 0.29) is 12.5 Å². The van der Waals surface area contributed by atoms with Gasteiger partial charge in [-0.05, 0) is 19.4 Å². The highest BCUT2D eigenvalue weighted by Gasteiger charge is 2.31. The molecule has 1 aliphatic heterocycles. The summed E-state index contributed by atoms with van der Waals surface area (Å²) < 4.78 is 0. The third-order valence-corrected chi connectivity index (χ3v) is 3.33. The Morgan fingerprint density at radius 3 is 3.16 bits per heavy atom. The molecule has 0 spiro atoms. The van der Waals surface area contributed by atoms with E-state index in [1.54, 1.807) is 0 Å². The van der Waals surface area contributed by atoms with Gasteiger partial charge < -0.3 is 15.7 Å². The molecule has 1 aromatic heterocycles. The Morgan fingerprint density at radius 2 is 2.47 bits per heavy atom. The van der Waals surface area contributed by atoms with Gasteiger partial charge in [0.1, 0.15) is 6.33 Å². The largest absolute Gasteiger partial charge is 0.387 e. The molecule has 2 heterocycles. The van der Waals surface area contributed by atoms with E-state index in [1.807, 2.05) is 6.92 Å². The molecule has 1 saturated heterocycles. The fraction of sp³-hybridized carbons (Fsp3) is 0.615. The minimum Gasteiger partial charge on any atom is -0.387 e. The molecule has 6 heteroatoms. The Bertz CT molecular complexity index is 444. The molecule has 1 fully saturated rings. The molecular formula is C13H20N4O2. The van der Waals surface area contributed by atoms with Crippen LogP contribution in [0.25, 0.3) is 0 Å². The molecule has 104 valence electrons. The standard InChI is InChI=1S/C13H20N4O2/c1-2-3-11-10(6-15-9-17-11)12(18)16-8-13(19)4-5-14-7-13/h6,9,14,19H,2-5,7-8H2,1H3,(H,16,18). The zero-order chi connectivity index (χ0) is 13.7.